The van der Waals surface area contributed by atoms with E-state index in [0.717, 1.165) is 4.90 Å². The number of nitrogens with two attached hydrogens (primary N) is 1. The number of amides is 1. The fourth-order valence-electron chi connectivity index (χ4n) is 3.01. The van der Waals surface area contributed by atoms with E-state index in [1.165, 1.54) is 35.2 Å². The van der Waals surface area contributed by atoms with Crippen LogP contribution in [0.15, 0.2) is 46.7 Å². The van der Waals surface area contributed by atoms with E-state index in [2.05, 4.69) is 4.98 Å². The van der Waals surface area contributed by atoms with Gasteiger partial charge in [0.1, 0.15) is 29.6 Å². The number of ether oxygens (including phenoxy) is 1. The van der Waals surface area contributed by atoms with E-state index in [4.69, 9.17) is 25.5 Å². The van der Waals surface area contributed by atoms with E-state index < -0.39 is 42.2 Å². The Morgan fingerprint density at radius 2 is 1.70 bits per heavy atom. The Morgan fingerprint density at radius 1 is 1.10 bits per heavy atom. The number of hydrogen-bond donors (Lipinski definition) is 3. The topological polar surface area (TPSA) is 143 Å². The normalized spacial score (nSPS) is 10.9. The van der Waals surface area contributed by atoms with Crippen LogP contribution >= 0.6 is 23.1 Å². The maximum absolute atomic E-state index is 13.7. The number of carboxylic acids is 2. The molecule has 3 aromatic rings. The number of aromatic nitrogens is 1. The van der Waals surface area contributed by atoms with Gasteiger partial charge in [-0.1, -0.05) is 12.1 Å². The van der Waals surface area contributed by atoms with Crippen LogP contribution in [0.1, 0.15) is 15.5 Å². The number of thioether (sulfide) groups is 1. The maximum atomic E-state index is 13.7. The van der Waals surface area contributed by atoms with Gasteiger partial charge in [0.2, 0.25) is 0 Å². The quantitative estimate of drug-likeness (QED) is 0.224. The first-order chi connectivity index (χ1) is 18.8. The Morgan fingerprint density at radius 3 is 2.23 bits per heavy atom. The summed E-state index contributed by atoms with van der Waals surface area (Å²) >= 11 is 2.54. The van der Waals surface area contributed by atoms with E-state index in [0.29, 0.717) is 26.8 Å². The standard InChI is InChI=1S/C22H21F2N3O4S2.C2HF3O2/c1-32-19-9-17(24)16(23)8-15(19)13-2-4-14(5-3-13)31-11-20-26-18(12-33-20)22(30)27(7-6-25)10-21(28)29;3-2(4,5)1(6)7/h2-5,8-9,12H,6-7,10-11,25H2,1H3,(H,28,29);(H,6,7). The molecular formula is C24H22F5N3O6S2. The van der Waals surface area contributed by atoms with Crippen molar-refractivity contribution in [3.05, 3.63) is 64.1 Å². The number of carboxylic acid groups (broad SMARTS) is 2. The van der Waals surface area contributed by atoms with Gasteiger partial charge in [-0.05, 0) is 41.6 Å². The summed E-state index contributed by atoms with van der Waals surface area (Å²) in [5.41, 5.74) is 6.88. The molecule has 9 nitrogen and oxygen atoms in total. The number of benzene rings is 2. The van der Waals surface area contributed by atoms with E-state index in [1.807, 2.05) is 0 Å². The second-order valence-corrected chi connectivity index (χ2v) is 9.41. The number of thiazole rings is 1. The van der Waals surface area contributed by atoms with Crippen molar-refractivity contribution in [1.82, 2.24) is 9.88 Å². The first-order valence-corrected chi connectivity index (χ1v) is 13.1. The highest BCUT2D eigenvalue weighted by Crippen LogP contribution is 2.33. The number of carbonyl (C=O) groups is 3. The van der Waals surface area contributed by atoms with Crippen LogP contribution < -0.4 is 10.5 Å². The Bertz CT molecular complexity index is 1340. The summed E-state index contributed by atoms with van der Waals surface area (Å²) in [7, 11) is 0. The molecule has 16 heteroatoms. The van der Waals surface area contributed by atoms with Gasteiger partial charge in [0.15, 0.2) is 11.6 Å². The van der Waals surface area contributed by atoms with E-state index in [-0.39, 0.29) is 25.4 Å². The van der Waals surface area contributed by atoms with Crippen LogP contribution in [0.2, 0.25) is 0 Å². The minimum absolute atomic E-state index is 0.106. The third kappa shape index (κ3) is 9.46. The highest BCUT2D eigenvalue weighted by Gasteiger charge is 2.38. The van der Waals surface area contributed by atoms with Gasteiger partial charge in [0.05, 0.1) is 0 Å². The van der Waals surface area contributed by atoms with E-state index in [9.17, 15) is 31.5 Å². The second-order valence-electron chi connectivity index (χ2n) is 7.62. The molecule has 0 spiro atoms. The van der Waals surface area contributed by atoms with Gasteiger partial charge in [-0.25, -0.2) is 18.6 Å². The minimum atomic E-state index is -5.08. The Balaban J connectivity index is 0.000000708. The van der Waals surface area contributed by atoms with Crippen LogP contribution in [0.4, 0.5) is 22.0 Å². The van der Waals surface area contributed by atoms with Crippen molar-refractivity contribution < 1.29 is 51.3 Å². The zero-order valence-corrected chi connectivity index (χ0v) is 22.2. The fourth-order valence-corrected chi connectivity index (χ4v) is 4.30. The summed E-state index contributed by atoms with van der Waals surface area (Å²) in [6.07, 6.45) is -3.29. The molecule has 0 aliphatic carbocycles. The Labute approximate surface area is 232 Å². The van der Waals surface area contributed by atoms with Gasteiger partial charge in [-0.3, -0.25) is 9.59 Å². The number of rotatable bonds is 10. The SMILES string of the molecule is CSc1cc(F)c(F)cc1-c1ccc(OCc2nc(C(=O)N(CCN)CC(=O)O)cs2)cc1.O=C(O)C(F)(F)F. The Hall–Kier alpha value is -3.76. The van der Waals surface area contributed by atoms with Crippen molar-refractivity contribution in [3.8, 4) is 16.9 Å². The molecule has 4 N–H and O–H groups in total. The summed E-state index contributed by atoms with van der Waals surface area (Å²) in [6.45, 7) is -0.106. The van der Waals surface area contributed by atoms with Gasteiger partial charge in [-0.2, -0.15) is 13.2 Å². The number of hydrogen-bond acceptors (Lipinski definition) is 8. The molecule has 0 fully saturated rings. The average Bonchev–Trinajstić information content (AvgIpc) is 3.37. The number of nitrogens with zero attached hydrogens (tertiary/aromatic N) is 2. The molecule has 0 atom stereocenters. The summed E-state index contributed by atoms with van der Waals surface area (Å²) in [4.78, 5) is 38.3. The van der Waals surface area contributed by atoms with Crippen molar-refractivity contribution in [2.24, 2.45) is 5.73 Å². The monoisotopic (exact) mass is 607 g/mol. The molecular weight excluding hydrogens is 585 g/mol. The summed E-state index contributed by atoms with van der Waals surface area (Å²) in [6, 6.07) is 9.24. The molecule has 1 amide bonds. The molecule has 0 bridgehead atoms. The third-order valence-corrected chi connectivity index (χ3v) is 6.40. The van der Waals surface area contributed by atoms with Crippen LogP contribution in [-0.2, 0) is 16.2 Å². The predicted octanol–water partition coefficient (Wildman–Crippen LogP) is 4.51. The van der Waals surface area contributed by atoms with Crippen LogP contribution in [0, 0.1) is 11.6 Å². The van der Waals surface area contributed by atoms with Crippen LogP contribution in [0.3, 0.4) is 0 Å². The van der Waals surface area contributed by atoms with Crippen molar-refractivity contribution in [2.45, 2.75) is 17.7 Å². The largest absolute Gasteiger partial charge is 0.490 e. The molecule has 1 heterocycles. The molecule has 3 rings (SSSR count). The van der Waals surface area contributed by atoms with Crippen molar-refractivity contribution in [2.75, 3.05) is 25.9 Å². The van der Waals surface area contributed by atoms with Crippen LogP contribution in [0.5, 0.6) is 5.75 Å². The zero-order chi connectivity index (χ0) is 30.0. The van der Waals surface area contributed by atoms with Crippen molar-refractivity contribution in [3.63, 3.8) is 0 Å². The summed E-state index contributed by atoms with van der Waals surface area (Å²) < 4.78 is 64.7. The molecule has 0 aliphatic heterocycles. The summed E-state index contributed by atoms with van der Waals surface area (Å²) in [5, 5.41) is 18.2. The molecule has 0 aliphatic rings. The van der Waals surface area contributed by atoms with Crippen LogP contribution in [0.25, 0.3) is 11.1 Å². The smallest absolute Gasteiger partial charge is 0.486 e. The predicted molar refractivity (Wildman–Crippen MR) is 136 cm³/mol. The minimum Gasteiger partial charge on any atom is -0.486 e. The van der Waals surface area contributed by atoms with Crippen molar-refractivity contribution in [1.29, 1.82) is 0 Å². The number of carbonyl (C=O) groups excluding carboxylic acids is 1. The van der Waals surface area contributed by atoms with Gasteiger partial charge in [0, 0.05) is 23.4 Å². The lowest BCUT2D eigenvalue weighted by molar-refractivity contribution is -0.192. The molecule has 40 heavy (non-hydrogen) atoms. The van der Waals surface area contributed by atoms with Gasteiger partial charge in [-0.15, -0.1) is 23.1 Å². The van der Waals surface area contributed by atoms with Gasteiger partial charge in [0.25, 0.3) is 5.91 Å². The highest BCUT2D eigenvalue weighted by molar-refractivity contribution is 7.98. The molecule has 0 saturated heterocycles. The zero-order valence-electron chi connectivity index (χ0n) is 20.6. The molecule has 216 valence electrons. The summed E-state index contributed by atoms with van der Waals surface area (Å²) in [5.74, 6) is -5.67. The van der Waals surface area contributed by atoms with Crippen LogP contribution in [-0.4, -0.2) is 70.0 Å². The third-order valence-electron chi connectivity index (χ3n) is 4.80. The molecule has 0 unspecified atom stereocenters. The molecule has 0 radical (unpaired) electrons. The second kappa shape index (κ2) is 14.6. The van der Waals surface area contributed by atoms with Gasteiger partial charge >= 0.3 is 18.1 Å². The average molecular weight is 608 g/mol. The first kappa shape index (κ1) is 32.5. The number of aliphatic carboxylic acids is 2. The van der Waals surface area contributed by atoms with E-state index >= 15 is 0 Å². The molecule has 0 saturated carbocycles. The lowest BCUT2D eigenvalue weighted by atomic mass is 10.1. The molecule has 1 aromatic heterocycles. The fraction of sp³-hybridized carbons (Fsp3) is 0.250. The van der Waals surface area contributed by atoms with E-state index in [1.54, 1.807) is 35.9 Å². The number of halogens is 5. The molecule has 2 aromatic carbocycles. The maximum Gasteiger partial charge on any atom is 0.490 e. The van der Waals surface area contributed by atoms with Gasteiger partial charge < -0.3 is 25.6 Å². The Kier molecular flexibility index (Phi) is 11.8. The van der Waals surface area contributed by atoms with Crippen molar-refractivity contribution >= 4 is 40.9 Å². The number of alkyl halides is 3. The highest BCUT2D eigenvalue weighted by atomic mass is 32.2. The lowest BCUT2D eigenvalue weighted by Crippen LogP contribution is -2.39. The lowest BCUT2D eigenvalue weighted by Gasteiger charge is -2.18. The first-order valence-electron chi connectivity index (χ1n) is 11.0.